The molecule has 22 heavy (non-hydrogen) atoms. The zero-order valence-electron chi connectivity index (χ0n) is 12.3. The highest BCUT2D eigenvalue weighted by molar-refractivity contribution is 7.91. The first-order valence-corrected chi connectivity index (χ1v) is 8.74. The van der Waals surface area contributed by atoms with Crippen molar-refractivity contribution in [1.29, 1.82) is 0 Å². The van der Waals surface area contributed by atoms with E-state index in [2.05, 4.69) is 4.98 Å². The molecule has 0 aliphatic carbocycles. The lowest BCUT2D eigenvalue weighted by molar-refractivity contribution is 0.134. The summed E-state index contributed by atoms with van der Waals surface area (Å²) in [4.78, 5) is 3.85. The van der Waals surface area contributed by atoms with Gasteiger partial charge in [-0.1, -0.05) is 36.4 Å². The van der Waals surface area contributed by atoms with Gasteiger partial charge in [-0.3, -0.25) is 0 Å². The van der Waals surface area contributed by atoms with E-state index >= 15 is 0 Å². The van der Waals surface area contributed by atoms with Crippen molar-refractivity contribution in [3.05, 3.63) is 60.3 Å². The largest absolute Gasteiger partial charge is 0.379 e. The van der Waals surface area contributed by atoms with Crippen molar-refractivity contribution in [1.82, 2.24) is 4.98 Å². The quantitative estimate of drug-likeness (QED) is 0.744. The highest BCUT2D eigenvalue weighted by Crippen LogP contribution is 2.07. The predicted octanol–water partition coefficient (Wildman–Crippen LogP) is 1.44. The lowest BCUT2D eigenvalue weighted by Crippen LogP contribution is -2.29. The van der Waals surface area contributed by atoms with E-state index < -0.39 is 9.84 Å². The Labute approximate surface area is 131 Å². The zero-order valence-corrected chi connectivity index (χ0v) is 13.1. The van der Waals surface area contributed by atoms with Gasteiger partial charge >= 0.3 is 0 Å². The fourth-order valence-corrected chi connectivity index (χ4v) is 3.07. The van der Waals surface area contributed by atoms with Crippen LogP contribution >= 0.6 is 0 Å². The number of sulfone groups is 1. The number of pyridine rings is 1. The van der Waals surface area contributed by atoms with Crippen LogP contribution in [0.2, 0.25) is 0 Å². The molecular formula is C16H20N2O3S. The molecule has 0 fully saturated rings. The number of rotatable bonds is 8. The zero-order chi connectivity index (χ0) is 15.8. The monoisotopic (exact) mass is 320 g/mol. The lowest BCUT2D eigenvalue weighted by Gasteiger charge is -2.12. The van der Waals surface area contributed by atoms with Crippen molar-refractivity contribution in [3.63, 3.8) is 0 Å². The third-order valence-electron chi connectivity index (χ3n) is 3.13. The average Bonchev–Trinajstić information content (AvgIpc) is 2.53. The van der Waals surface area contributed by atoms with Gasteiger partial charge in [0.1, 0.15) is 0 Å². The number of benzene rings is 1. The standard InChI is InChI=1S/C16H20N2O3S/c17-15(12-14-6-2-1-3-7-14)13-21-10-11-22(19,20)16-8-4-5-9-18-16/h1-9,15H,10-13,17H2. The summed E-state index contributed by atoms with van der Waals surface area (Å²) in [5, 5.41) is 0.0761. The maximum absolute atomic E-state index is 12.0. The highest BCUT2D eigenvalue weighted by atomic mass is 32.2. The summed E-state index contributed by atoms with van der Waals surface area (Å²) in [6, 6.07) is 14.5. The first kappa shape index (κ1) is 16.6. The van der Waals surface area contributed by atoms with Gasteiger partial charge in [0.15, 0.2) is 14.9 Å². The van der Waals surface area contributed by atoms with E-state index in [0.29, 0.717) is 13.0 Å². The molecule has 5 nitrogen and oxygen atoms in total. The Morgan fingerprint density at radius 1 is 1.09 bits per heavy atom. The van der Waals surface area contributed by atoms with Gasteiger partial charge in [-0.2, -0.15) is 0 Å². The Morgan fingerprint density at radius 2 is 1.82 bits per heavy atom. The highest BCUT2D eigenvalue weighted by Gasteiger charge is 2.15. The molecule has 0 radical (unpaired) electrons. The van der Waals surface area contributed by atoms with E-state index in [1.165, 1.54) is 12.3 Å². The summed E-state index contributed by atoms with van der Waals surface area (Å²) in [5.41, 5.74) is 7.12. The van der Waals surface area contributed by atoms with Crippen molar-refractivity contribution >= 4 is 9.84 Å². The van der Waals surface area contributed by atoms with Gasteiger partial charge in [-0.05, 0) is 24.1 Å². The molecule has 1 aromatic carbocycles. The maximum atomic E-state index is 12.0. The van der Waals surface area contributed by atoms with Gasteiger partial charge in [0.2, 0.25) is 0 Å². The minimum absolute atomic E-state index is 0.0761. The third-order valence-corrected chi connectivity index (χ3v) is 4.71. The Hall–Kier alpha value is -1.76. The predicted molar refractivity (Wildman–Crippen MR) is 85.2 cm³/mol. The summed E-state index contributed by atoms with van der Waals surface area (Å²) in [6.45, 7) is 0.439. The van der Waals surface area contributed by atoms with E-state index in [4.69, 9.17) is 10.5 Å². The van der Waals surface area contributed by atoms with Crippen molar-refractivity contribution < 1.29 is 13.2 Å². The second-order valence-corrected chi connectivity index (χ2v) is 7.07. The molecule has 1 unspecified atom stereocenters. The van der Waals surface area contributed by atoms with Crippen LogP contribution in [0.15, 0.2) is 59.8 Å². The van der Waals surface area contributed by atoms with Crippen LogP contribution in [0.3, 0.4) is 0 Å². The first-order valence-electron chi connectivity index (χ1n) is 7.09. The maximum Gasteiger partial charge on any atom is 0.197 e. The minimum atomic E-state index is -3.39. The fourth-order valence-electron chi connectivity index (χ4n) is 2.01. The molecule has 0 aliphatic heterocycles. The van der Waals surface area contributed by atoms with Crippen molar-refractivity contribution in [2.45, 2.75) is 17.5 Å². The molecule has 1 aromatic heterocycles. The SMILES string of the molecule is NC(COCCS(=O)(=O)c1ccccn1)Cc1ccccc1. The minimum Gasteiger partial charge on any atom is -0.379 e. The summed E-state index contributed by atoms with van der Waals surface area (Å²) in [6.07, 6.45) is 2.16. The van der Waals surface area contributed by atoms with Gasteiger partial charge in [0.05, 0.1) is 19.0 Å². The van der Waals surface area contributed by atoms with Crippen LogP contribution in [-0.4, -0.2) is 38.4 Å². The van der Waals surface area contributed by atoms with Gasteiger partial charge in [-0.25, -0.2) is 13.4 Å². The number of hydrogen-bond acceptors (Lipinski definition) is 5. The van der Waals surface area contributed by atoms with Crippen LogP contribution in [0.1, 0.15) is 5.56 Å². The van der Waals surface area contributed by atoms with E-state index in [1.54, 1.807) is 12.1 Å². The molecule has 2 rings (SSSR count). The Balaban J connectivity index is 1.73. The van der Waals surface area contributed by atoms with E-state index in [1.807, 2.05) is 30.3 Å². The molecule has 118 valence electrons. The second kappa shape index (κ2) is 8.03. The van der Waals surface area contributed by atoms with Crippen molar-refractivity contribution in [2.24, 2.45) is 5.73 Å². The topological polar surface area (TPSA) is 82.3 Å². The molecule has 0 saturated carbocycles. The van der Waals surface area contributed by atoms with Crippen LogP contribution in [0.25, 0.3) is 0 Å². The molecular weight excluding hydrogens is 300 g/mol. The summed E-state index contributed by atoms with van der Waals surface area (Å²) >= 11 is 0. The molecule has 1 atom stereocenters. The average molecular weight is 320 g/mol. The number of aromatic nitrogens is 1. The van der Waals surface area contributed by atoms with Crippen LogP contribution in [-0.2, 0) is 21.0 Å². The summed E-state index contributed by atoms with van der Waals surface area (Å²) in [5.74, 6) is -0.0952. The van der Waals surface area contributed by atoms with Gasteiger partial charge in [-0.15, -0.1) is 0 Å². The summed E-state index contributed by atoms with van der Waals surface area (Å²) in [7, 11) is -3.39. The van der Waals surface area contributed by atoms with E-state index in [-0.39, 0.29) is 23.4 Å². The molecule has 1 heterocycles. The molecule has 0 spiro atoms. The molecule has 0 aliphatic rings. The molecule has 2 N–H and O–H groups in total. The normalized spacial score (nSPS) is 13.0. The van der Waals surface area contributed by atoms with Crippen molar-refractivity contribution in [3.8, 4) is 0 Å². The number of ether oxygens (including phenoxy) is 1. The van der Waals surface area contributed by atoms with Crippen LogP contribution in [0.4, 0.5) is 0 Å². The van der Waals surface area contributed by atoms with E-state index in [0.717, 1.165) is 5.56 Å². The van der Waals surface area contributed by atoms with E-state index in [9.17, 15) is 8.42 Å². The second-order valence-electron chi connectivity index (χ2n) is 5.01. The Morgan fingerprint density at radius 3 is 2.50 bits per heavy atom. The molecule has 0 saturated heterocycles. The fraction of sp³-hybridized carbons (Fsp3) is 0.312. The molecule has 0 amide bonds. The van der Waals surface area contributed by atoms with Crippen molar-refractivity contribution in [2.75, 3.05) is 19.0 Å². The number of nitrogens with zero attached hydrogens (tertiary/aromatic N) is 1. The molecule has 2 aromatic rings. The number of hydrogen-bond donors (Lipinski definition) is 1. The van der Waals surface area contributed by atoms with Gasteiger partial charge < -0.3 is 10.5 Å². The number of nitrogens with two attached hydrogens (primary N) is 1. The third kappa shape index (κ3) is 5.22. The Kier molecular flexibility index (Phi) is 6.06. The first-order chi connectivity index (χ1) is 10.6. The molecule has 0 bridgehead atoms. The van der Waals surface area contributed by atoms with Crippen LogP contribution < -0.4 is 5.73 Å². The van der Waals surface area contributed by atoms with Gasteiger partial charge in [0, 0.05) is 12.2 Å². The van der Waals surface area contributed by atoms with Crippen LogP contribution in [0, 0.1) is 0 Å². The smallest absolute Gasteiger partial charge is 0.197 e. The summed E-state index contributed by atoms with van der Waals surface area (Å²) < 4.78 is 29.4. The van der Waals surface area contributed by atoms with Gasteiger partial charge in [0.25, 0.3) is 0 Å². The van der Waals surface area contributed by atoms with Crippen LogP contribution in [0.5, 0.6) is 0 Å². The lowest BCUT2D eigenvalue weighted by atomic mass is 10.1. The Bertz CT molecular complexity index is 660. The molecule has 6 heteroatoms.